The van der Waals surface area contributed by atoms with Gasteiger partial charge in [-0.15, -0.1) is 0 Å². The highest BCUT2D eigenvalue weighted by Gasteiger charge is 2.28. The standard InChI is InChI=1S/C20H23BrN2O4S/c1-13-3-8-19(27-2)14(11-13)9-10-22-20(24)17-12-16(6-7-18(17)21)28(25,26)23-15-4-5-15/h3,6-8,11-12,15,23H,4-5,9-10H2,1-2H3,(H,22,24). The molecule has 0 unspecified atom stereocenters. The summed E-state index contributed by atoms with van der Waals surface area (Å²) in [6, 6.07) is 10.4. The Morgan fingerprint density at radius 3 is 2.64 bits per heavy atom. The maximum absolute atomic E-state index is 12.6. The number of hydrogen-bond donors (Lipinski definition) is 2. The minimum absolute atomic E-state index is 0.00947. The molecule has 8 heteroatoms. The van der Waals surface area contributed by atoms with Crippen LogP contribution in [0.4, 0.5) is 0 Å². The number of carbonyl (C=O) groups is 1. The van der Waals surface area contributed by atoms with Gasteiger partial charge in [0.15, 0.2) is 0 Å². The van der Waals surface area contributed by atoms with E-state index in [0.717, 1.165) is 29.7 Å². The van der Waals surface area contributed by atoms with Gasteiger partial charge in [0.2, 0.25) is 10.0 Å². The van der Waals surface area contributed by atoms with Crippen LogP contribution in [0.15, 0.2) is 45.8 Å². The van der Waals surface area contributed by atoms with Crippen molar-refractivity contribution in [2.24, 2.45) is 0 Å². The van der Waals surface area contributed by atoms with Crippen molar-refractivity contribution in [3.63, 3.8) is 0 Å². The SMILES string of the molecule is COc1ccc(C)cc1CCNC(=O)c1cc(S(=O)(=O)NC2CC2)ccc1Br. The van der Waals surface area contributed by atoms with Crippen LogP contribution < -0.4 is 14.8 Å². The lowest BCUT2D eigenvalue weighted by Gasteiger charge is -2.12. The van der Waals surface area contributed by atoms with Crippen LogP contribution in [0.2, 0.25) is 0 Å². The summed E-state index contributed by atoms with van der Waals surface area (Å²) in [6.07, 6.45) is 2.31. The first kappa shape index (κ1) is 20.8. The van der Waals surface area contributed by atoms with E-state index < -0.39 is 10.0 Å². The summed E-state index contributed by atoms with van der Waals surface area (Å²) in [5, 5.41) is 2.85. The topological polar surface area (TPSA) is 84.5 Å². The number of halogens is 1. The summed E-state index contributed by atoms with van der Waals surface area (Å²) in [5.41, 5.74) is 2.41. The Bertz CT molecular complexity index is 988. The van der Waals surface area contributed by atoms with Gasteiger partial charge in [-0.1, -0.05) is 17.7 Å². The number of carbonyl (C=O) groups excluding carboxylic acids is 1. The van der Waals surface area contributed by atoms with E-state index in [9.17, 15) is 13.2 Å². The normalized spacial score (nSPS) is 14.0. The fourth-order valence-corrected chi connectivity index (χ4v) is 4.60. The first-order valence-corrected chi connectivity index (χ1v) is 11.3. The molecule has 0 aliphatic heterocycles. The number of nitrogens with one attached hydrogen (secondary N) is 2. The van der Waals surface area contributed by atoms with E-state index in [-0.39, 0.29) is 22.4 Å². The van der Waals surface area contributed by atoms with E-state index in [1.54, 1.807) is 13.2 Å². The van der Waals surface area contributed by atoms with Crippen molar-refractivity contribution >= 4 is 31.9 Å². The molecule has 0 aromatic heterocycles. The molecule has 2 aromatic carbocycles. The van der Waals surface area contributed by atoms with Crippen LogP contribution in [-0.2, 0) is 16.4 Å². The van der Waals surface area contributed by atoms with Crippen LogP contribution in [-0.4, -0.2) is 34.0 Å². The molecule has 3 rings (SSSR count). The number of amides is 1. The van der Waals surface area contributed by atoms with Crippen molar-refractivity contribution in [2.45, 2.75) is 37.1 Å². The number of aryl methyl sites for hydroxylation is 1. The van der Waals surface area contributed by atoms with Crippen molar-refractivity contribution in [3.8, 4) is 5.75 Å². The second kappa shape index (κ2) is 8.63. The fraction of sp³-hybridized carbons (Fsp3) is 0.350. The summed E-state index contributed by atoms with van der Waals surface area (Å²) >= 11 is 3.33. The predicted molar refractivity (Wildman–Crippen MR) is 111 cm³/mol. The molecule has 1 amide bonds. The zero-order valence-electron chi connectivity index (χ0n) is 15.8. The Kier molecular flexibility index (Phi) is 6.42. The van der Waals surface area contributed by atoms with E-state index in [2.05, 4.69) is 26.0 Å². The molecule has 0 radical (unpaired) electrons. The first-order valence-electron chi connectivity index (χ1n) is 9.04. The summed E-state index contributed by atoms with van der Waals surface area (Å²) in [4.78, 5) is 12.7. The molecule has 0 spiro atoms. The molecule has 6 nitrogen and oxygen atoms in total. The van der Waals surface area contributed by atoms with Gasteiger partial charge in [0.05, 0.1) is 17.6 Å². The van der Waals surface area contributed by atoms with Crippen molar-refractivity contribution in [2.75, 3.05) is 13.7 Å². The molecule has 2 aromatic rings. The molecular formula is C20H23BrN2O4S. The van der Waals surface area contributed by atoms with Gasteiger partial charge in [0, 0.05) is 17.1 Å². The molecule has 0 heterocycles. The first-order chi connectivity index (χ1) is 13.3. The lowest BCUT2D eigenvalue weighted by atomic mass is 10.1. The molecule has 150 valence electrons. The largest absolute Gasteiger partial charge is 0.496 e. The Hall–Kier alpha value is -1.90. The van der Waals surface area contributed by atoms with Gasteiger partial charge in [-0.05, 0) is 71.9 Å². The number of rotatable bonds is 8. The number of benzene rings is 2. The molecule has 2 N–H and O–H groups in total. The smallest absolute Gasteiger partial charge is 0.252 e. The molecule has 1 fully saturated rings. The third-order valence-corrected chi connectivity index (χ3v) is 6.72. The summed E-state index contributed by atoms with van der Waals surface area (Å²) < 4.78 is 33.3. The van der Waals surface area contributed by atoms with Gasteiger partial charge in [-0.3, -0.25) is 4.79 Å². The van der Waals surface area contributed by atoms with Crippen molar-refractivity contribution in [1.29, 1.82) is 0 Å². The third-order valence-electron chi connectivity index (χ3n) is 4.51. The van der Waals surface area contributed by atoms with Gasteiger partial charge < -0.3 is 10.1 Å². The average Bonchev–Trinajstić information content (AvgIpc) is 3.45. The Morgan fingerprint density at radius 1 is 1.21 bits per heavy atom. The molecular weight excluding hydrogens is 444 g/mol. The van der Waals surface area contributed by atoms with Crippen LogP contribution in [0, 0.1) is 6.92 Å². The second-order valence-electron chi connectivity index (χ2n) is 6.86. The van der Waals surface area contributed by atoms with E-state index in [1.807, 2.05) is 25.1 Å². The van der Waals surface area contributed by atoms with E-state index >= 15 is 0 Å². The quantitative estimate of drug-likeness (QED) is 0.625. The molecule has 1 aliphatic carbocycles. The highest BCUT2D eigenvalue weighted by molar-refractivity contribution is 9.10. The minimum atomic E-state index is -3.61. The monoisotopic (exact) mass is 466 g/mol. The van der Waals surface area contributed by atoms with Crippen molar-refractivity contribution in [3.05, 3.63) is 57.6 Å². The molecule has 0 atom stereocenters. The summed E-state index contributed by atoms with van der Waals surface area (Å²) in [7, 11) is -2.00. The highest BCUT2D eigenvalue weighted by Crippen LogP contribution is 2.25. The number of hydrogen-bond acceptors (Lipinski definition) is 4. The van der Waals surface area contributed by atoms with E-state index in [4.69, 9.17) is 4.74 Å². The number of methoxy groups -OCH3 is 1. The van der Waals surface area contributed by atoms with Crippen molar-refractivity contribution in [1.82, 2.24) is 10.0 Å². The van der Waals surface area contributed by atoms with Crippen LogP contribution >= 0.6 is 15.9 Å². The van der Waals surface area contributed by atoms with Crippen LogP contribution in [0.25, 0.3) is 0 Å². The average molecular weight is 467 g/mol. The molecule has 1 saturated carbocycles. The van der Waals surface area contributed by atoms with Gasteiger partial charge >= 0.3 is 0 Å². The third kappa shape index (κ3) is 5.12. The maximum atomic E-state index is 12.6. The zero-order valence-corrected chi connectivity index (χ0v) is 18.2. The van der Waals surface area contributed by atoms with Crippen LogP contribution in [0.5, 0.6) is 5.75 Å². The highest BCUT2D eigenvalue weighted by atomic mass is 79.9. The maximum Gasteiger partial charge on any atom is 0.252 e. The second-order valence-corrected chi connectivity index (χ2v) is 9.43. The fourth-order valence-electron chi connectivity index (χ4n) is 2.84. The van der Waals surface area contributed by atoms with Crippen LogP contribution in [0.3, 0.4) is 0 Å². The lowest BCUT2D eigenvalue weighted by Crippen LogP contribution is -2.28. The molecule has 0 bridgehead atoms. The number of sulfonamides is 1. The zero-order chi connectivity index (χ0) is 20.3. The van der Waals surface area contributed by atoms with Crippen LogP contribution in [0.1, 0.15) is 34.3 Å². The van der Waals surface area contributed by atoms with Gasteiger partial charge in [-0.25, -0.2) is 13.1 Å². The van der Waals surface area contributed by atoms with Gasteiger partial charge in [0.1, 0.15) is 5.75 Å². The molecule has 28 heavy (non-hydrogen) atoms. The van der Waals surface area contributed by atoms with Crippen molar-refractivity contribution < 1.29 is 17.9 Å². The molecule has 1 aliphatic rings. The predicted octanol–water partition coefficient (Wildman–Crippen LogP) is 3.18. The lowest BCUT2D eigenvalue weighted by molar-refractivity contribution is 0.0953. The van der Waals surface area contributed by atoms with Gasteiger partial charge in [-0.2, -0.15) is 0 Å². The summed E-state index contributed by atoms with van der Waals surface area (Å²) in [5.74, 6) is 0.447. The van der Waals surface area contributed by atoms with E-state index in [1.165, 1.54) is 12.1 Å². The Morgan fingerprint density at radius 2 is 1.96 bits per heavy atom. The number of ether oxygens (including phenoxy) is 1. The minimum Gasteiger partial charge on any atom is -0.496 e. The van der Waals surface area contributed by atoms with E-state index in [0.29, 0.717) is 17.4 Å². The van der Waals surface area contributed by atoms with Gasteiger partial charge in [0.25, 0.3) is 5.91 Å². The Labute approximate surface area is 173 Å². The Balaban J connectivity index is 1.69. The summed E-state index contributed by atoms with van der Waals surface area (Å²) in [6.45, 7) is 2.41. The molecule has 0 saturated heterocycles.